The van der Waals surface area contributed by atoms with E-state index in [0.29, 0.717) is 11.4 Å². The van der Waals surface area contributed by atoms with Crippen LogP contribution in [0, 0.1) is 6.42 Å². The predicted molar refractivity (Wildman–Crippen MR) is 56.1 cm³/mol. The molecule has 0 aliphatic heterocycles. The SMILES string of the molecule is NC(=O)c1ccccc1[CH]c1ncc[nH]1. The number of nitrogens with one attached hydrogen (secondary N) is 1. The molecule has 3 N–H and O–H groups in total. The third kappa shape index (κ3) is 2.04. The van der Waals surface area contributed by atoms with Crippen LogP contribution < -0.4 is 5.73 Å². The molecule has 0 aliphatic rings. The molecule has 0 fully saturated rings. The number of nitrogens with zero attached hydrogens (tertiary/aromatic N) is 1. The van der Waals surface area contributed by atoms with Crippen LogP contribution in [0.3, 0.4) is 0 Å². The molecule has 0 saturated heterocycles. The standard InChI is InChI=1S/C11H10N3O/c12-11(15)9-4-2-1-3-8(9)7-10-13-5-6-14-10/h1-7H,(H2,12,15)(H,13,14). The number of nitrogens with two attached hydrogens (primary N) is 1. The third-order valence-corrected chi connectivity index (χ3v) is 2.04. The largest absolute Gasteiger partial charge is 0.366 e. The Labute approximate surface area is 87.1 Å². The van der Waals surface area contributed by atoms with Crippen molar-refractivity contribution in [2.75, 3.05) is 0 Å². The average molecular weight is 200 g/mol. The molecule has 2 aromatic rings. The Morgan fingerprint density at radius 2 is 2.20 bits per heavy atom. The Balaban J connectivity index is 2.32. The minimum Gasteiger partial charge on any atom is -0.366 e. The minimum absolute atomic E-state index is 0.437. The Bertz CT molecular complexity index is 462. The summed E-state index contributed by atoms with van der Waals surface area (Å²) in [6, 6.07) is 7.14. The van der Waals surface area contributed by atoms with Crippen LogP contribution in [-0.4, -0.2) is 15.9 Å². The van der Waals surface area contributed by atoms with Crippen LogP contribution in [0.5, 0.6) is 0 Å². The van der Waals surface area contributed by atoms with E-state index in [1.807, 2.05) is 12.1 Å². The number of carbonyl (C=O) groups excluding carboxylic acids is 1. The molecule has 0 saturated carbocycles. The number of rotatable bonds is 3. The number of benzene rings is 1. The fourth-order valence-corrected chi connectivity index (χ4v) is 1.35. The number of hydrogen-bond acceptors (Lipinski definition) is 2. The lowest BCUT2D eigenvalue weighted by atomic mass is 10.0. The Morgan fingerprint density at radius 1 is 1.40 bits per heavy atom. The normalized spacial score (nSPS) is 10.1. The van der Waals surface area contributed by atoms with E-state index < -0.39 is 5.91 Å². The topological polar surface area (TPSA) is 71.8 Å². The van der Waals surface area contributed by atoms with Crippen molar-refractivity contribution in [3.8, 4) is 0 Å². The van der Waals surface area contributed by atoms with Gasteiger partial charge < -0.3 is 10.7 Å². The zero-order chi connectivity index (χ0) is 10.7. The van der Waals surface area contributed by atoms with Gasteiger partial charge in [0.2, 0.25) is 5.91 Å². The first-order chi connectivity index (χ1) is 7.27. The fourth-order valence-electron chi connectivity index (χ4n) is 1.35. The van der Waals surface area contributed by atoms with E-state index in [1.165, 1.54) is 0 Å². The van der Waals surface area contributed by atoms with E-state index in [4.69, 9.17) is 5.73 Å². The lowest BCUT2D eigenvalue weighted by molar-refractivity contribution is 0.1000. The van der Waals surface area contributed by atoms with E-state index in [1.54, 1.807) is 30.9 Å². The Morgan fingerprint density at radius 3 is 2.87 bits per heavy atom. The van der Waals surface area contributed by atoms with Crippen LogP contribution >= 0.6 is 0 Å². The van der Waals surface area contributed by atoms with Gasteiger partial charge in [-0.3, -0.25) is 4.79 Å². The molecule has 1 radical (unpaired) electrons. The first kappa shape index (κ1) is 9.45. The lowest BCUT2D eigenvalue weighted by Gasteiger charge is -2.03. The summed E-state index contributed by atoms with van der Waals surface area (Å²) >= 11 is 0. The third-order valence-electron chi connectivity index (χ3n) is 2.04. The summed E-state index contributed by atoms with van der Waals surface area (Å²) in [6.07, 6.45) is 5.15. The van der Waals surface area contributed by atoms with Crippen molar-refractivity contribution in [1.82, 2.24) is 9.97 Å². The van der Waals surface area contributed by atoms with Crippen LogP contribution in [0.2, 0.25) is 0 Å². The van der Waals surface area contributed by atoms with Crippen molar-refractivity contribution in [3.05, 3.63) is 60.0 Å². The Hall–Kier alpha value is -2.10. The number of hydrogen-bond donors (Lipinski definition) is 2. The molecule has 0 bridgehead atoms. The van der Waals surface area contributed by atoms with Crippen LogP contribution in [0.25, 0.3) is 0 Å². The molecule has 15 heavy (non-hydrogen) atoms. The van der Waals surface area contributed by atoms with E-state index >= 15 is 0 Å². The maximum absolute atomic E-state index is 11.1. The molecule has 75 valence electrons. The van der Waals surface area contributed by atoms with Gasteiger partial charge in [0.05, 0.1) is 6.42 Å². The van der Waals surface area contributed by atoms with Crippen molar-refractivity contribution >= 4 is 5.91 Å². The van der Waals surface area contributed by atoms with Gasteiger partial charge in [-0.2, -0.15) is 0 Å². The molecular formula is C11H10N3O. The number of amides is 1. The lowest BCUT2D eigenvalue weighted by Crippen LogP contribution is -2.13. The average Bonchev–Trinajstić information content (AvgIpc) is 2.71. The monoisotopic (exact) mass is 200 g/mol. The summed E-state index contributed by atoms with van der Waals surface area (Å²) in [5.41, 5.74) is 6.51. The zero-order valence-corrected chi connectivity index (χ0v) is 7.97. The number of primary amides is 1. The quantitative estimate of drug-likeness (QED) is 0.779. The molecule has 1 amide bonds. The summed E-state index contributed by atoms with van der Waals surface area (Å²) in [7, 11) is 0. The molecule has 4 nitrogen and oxygen atoms in total. The van der Waals surface area contributed by atoms with E-state index in [2.05, 4.69) is 9.97 Å². The van der Waals surface area contributed by atoms with Gasteiger partial charge in [-0.15, -0.1) is 0 Å². The summed E-state index contributed by atoms with van der Waals surface area (Å²) in [4.78, 5) is 18.1. The van der Waals surface area contributed by atoms with Crippen molar-refractivity contribution in [2.45, 2.75) is 0 Å². The summed E-state index contributed by atoms with van der Waals surface area (Å²) in [5.74, 6) is 0.261. The summed E-state index contributed by atoms with van der Waals surface area (Å²) in [5, 5.41) is 0. The highest BCUT2D eigenvalue weighted by molar-refractivity contribution is 5.94. The predicted octanol–water partition coefficient (Wildman–Crippen LogP) is 1.11. The van der Waals surface area contributed by atoms with E-state index in [0.717, 1.165) is 5.56 Å². The van der Waals surface area contributed by atoms with Gasteiger partial charge in [-0.25, -0.2) is 4.98 Å². The van der Waals surface area contributed by atoms with Gasteiger partial charge in [0.15, 0.2) is 0 Å². The van der Waals surface area contributed by atoms with E-state index in [-0.39, 0.29) is 0 Å². The van der Waals surface area contributed by atoms with Gasteiger partial charge in [0.1, 0.15) is 5.82 Å². The highest BCUT2D eigenvalue weighted by atomic mass is 16.1. The molecule has 2 rings (SSSR count). The van der Waals surface area contributed by atoms with E-state index in [9.17, 15) is 4.79 Å². The maximum atomic E-state index is 11.1. The van der Waals surface area contributed by atoms with Crippen LogP contribution in [-0.2, 0) is 0 Å². The molecule has 4 heteroatoms. The number of aromatic amines is 1. The van der Waals surface area contributed by atoms with Crippen LogP contribution in [0.1, 0.15) is 21.7 Å². The number of carbonyl (C=O) groups is 1. The second-order valence-corrected chi connectivity index (χ2v) is 3.07. The van der Waals surface area contributed by atoms with Gasteiger partial charge in [0, 0.05) is 18.0 Å². The molecule has 0 aliphatic carbocycles. The molecule has 0 atom stereocenters. The zero-order valence-electron chi connectivity index (χ0n) is 7.97. The van der Waals surface area contributed by atoms with Gasteiger partial charge >= 0.3 is 0 Å². The molecule has 1 heterocycles. The molecule has 0 unspecified atom stereocenters. The van der Waals surface area contributed by atoms with Crippen LogP contribution in [0.15, 0.2) is 36.7 Å². The highest BCUT2D eigenvalue weighted by Gasteiger charge is 2.08. The second kappa shape index (κ2) is 3.96. The Kier molecular flexibility index (Phi) is 2.49. The van der Waals surface area contributed by atoms with Crippen molar-refractivity contribution in [2.24, 2.45) is 5.73 Å². The second-order valence-electron chi connectivity index (χ2n) is 3.07. The van der Waals surface area contributed by atoms with Gasteiger partial charge in [0.25, 0.3) is 0 Å². The first-order valence-electron chi connectivity index (χ1n) is 4.50. The summed E-state index contributed by atoms with van der Waals surface area (Å²) < 4.78 is 0. The first-order valence-corrected chi connectivity index (χ1v) is 4.50. The number of H-pyrrole nitrogens is 1. The summed E-state index contributed by atoms with van der Waals surface area (Å²) in [6.45, 7) is 0. The smallest absolute Gasteiger partial charge is 0.249 e. The number of aromatic nitrogens is 2. The molecular weight excluding hydrogens is 190 g/mol. The van der Waals surface area contributed by atoms with Crippen molar-refractivity contribution in [3.63, 3.8) is 0 Å². The van der Waals surface area contributed by atoms with Crippen LogP contribution in [0.4, 0.5) is 0 Å². The van der Waals surface area contributed by atoms with Gasteiger partial charge in [-0.05, 0) is 11.6 Å². The number of imidazole rings is 1. The van der Waals surface area contributed by atoms with Crippen molar-refractivity contribution < 1.29 is 4.79 Å². The molecule has 1 aromatic heterocycles. The molecule has 1 aromatic carbocycles. The molecule has 0 spiro atoms. The van der Waals surface area contributed by atoms with Gasteiger partial charge in [-0.1, -0.05) is 18.2 Å². The fraction of sp³-hybridized carbons (Fsp3) is 0. The highest BCUT2D eigenvalue weighted by Crippen LogP contribution is 2.13. The minimum atomic E-state index is -0.437. The van der Waals surface area contributed by atoms with Crippen molar-refractivity contribution in [1.29, 1.82) is 0 Å². The maximum Gasteiger partial charge on any atom is 0.249 e.